The second-order valence-electron chi connectivity index (χ2n) is 8.70. The third kappa shape index (κ3) is 4.18. The lowest BCUT2D eigenvalue weighted by molar-refractivity contribution is -0.137. The predicted octanol–water partition coefficient (Wildman–Crippen LogP) is 3.30. The van der Waals surface area contributed by atoms with E-state index in [1.54, 1.807) is 12.1 Å². The molecule has 2 saturated heterocycles. The number of hydrogen-bond acceptors (Lipinski definition) is 7. The average Bonchev–Trinajstić information content (AvgIpc) is 3.32. The maximum absolute atomic E-state index is 12.9. The monoisotopic (exact) mass is 475 g/mol. The zero-order chi connectivity index (χ0) is 23.9. The van der Waals surface area contributed by atoms with Gasteiger partial charge in [0.1, 0.15) is 5.75 Å². The summed E-state index contributed by atoms with van der Waals surface area (Å²) in [7, 11) is 1.13. The molecule has 3 amide bonds. The van der Waals surface area contributed by atoms with Crippen LogP contribution in [-0.4, -0.2) is 59.4 Å². The molecule has 1 aromatic carbocycles. The molecular weight excluding hydrogens is 450 g/mol. The van der Waals surface area contributed by atoms with E-state index in [1.807, 2.05) is 13.0 Å². The Morgan fingerprint density at radius 3 is 2.73 bits per heavy atom. The van der Waals surface area contributed by atoms with Crippen molar-refractivity contribution in [3.8, 4) is 5.75 Å². The summed E-state index contributed by atoms with van der Waals surface area (Å²) in [5.74, 6) is -2.75. The Bertz CT molecular complexity index is 1060. The van der Waals surface area contributed by atoms with Crippen molar-refractivity contribution in [2.75, 3.05) is 20.3 Å². The van der Waals surface area contributed by atoms with Gasteiger partial charge in [-0.3, -0.25) is 9.59 Å². The van der Waals surface area contributed by atoms with E-state index < -0.39 is 29.7 Å². The summed E-state index contributed by atoms with van der Waals surface area (Å²) in [5, 5.41) is 20.0. The van der Waals surface area contributed by atoms with E-state index in [-0.39, 0.29) is 37.4 Å². The van der Waals surface area contributed by atoms with Crippen LogP contribution < -0.4 is 0 Å². The maximum atomic E-state index is 12.9. The summed E-state index contributed by atoms with van der Waals surface area (Å²) in [4.78, 5) is 38.3. The number of halogens is 1. The number of phenols is 1. The summed E-state index contributed by atoms with van der Waals surface area (Å²) < 4.78 is 10.6. The molecule has 0 radical (unpaired) electrons. The highest BCUT2D eigenvalue weighted by atomic mass is 35.5. The number of methoxy groups -OCH3 is 1. The van der Waals surface area contributed by atoms with Crippen molar-refractivity contribution in [2.45, 2.75) is 32.3 Å². The lowest BCUT2D eigenvalue weighted by Crippen LogP contribution is -2.38. The molecule has 3 aliphatic rings. The Balaban J connectivity index is 1.52. The minimum Gasteiger partial charge on any atom is -0.508 e. The molecule has 4 atom stereocenters. The Morgan fingerprint density at radius 2 is 2.06 bits per heavy atom. The molecule has 2 aliphatic heterocycles. The van der Waals surface area contributed by atoms with Crippen LogP contribution in [0.5, 0.6) is 5.75 Å². The molecule has 33 heavy (non-hydrogen) atoms. The highest BCUT2D eigenvalue weighted by Gasteiger charge is 2.58. The fraction of sp³-hybridized carbons (Fsp3) is 0.458. The van der Waals surface area contributed by atoms with Crippen molar-refractivity contribution in [3.05, 3.63) is 45.5 Å². The van der Waals surface area contributed by atoms with Gasteiger partial charge in [-0.2, -0.15) is 4.90 Å². The largest absolute Gasteiger partial charge is 0.508 e. The Morgan fingerprint density at radius 1 is 1.30 bits per heavy atom. The van der Waals surface area contributed by atoms with Gasteiger partial charge in [-0.05, 0) is 61.1 Å². The average molecular weight is 476 g/mol. The van der Waals surface area contributed by atoms with E-state index in [9.17, 15) is 24.6 Å². The first kappa shape index (κ1) is 23.5. The lowest BCUT2D eigenvalue weighted by atomic mass is 9.69. The number of aliphatic hydroxyl groups excluding tert-OH is 1. The molecule has 0 unspecified atom stereocenters. The van der Waals surface area contributed by atoms with E-state index in [0.29, 0.717) is 28.3 Å². The number of imide groups is 3. The SMILES string of the molecule is COC(=O)N1C(=O)[C@@H]2[C@@H](CC(CO)=C3[C@@H](CC/C(C)=C/c4ccc(O)cc4Cl)OC[C@@H]32)C1=O. The molecule has 2 fully saturated rings. The highest BCUT2D eigenvalue weighted by Crippen LogP contribution is 2.49. The summed E-state index contributed by atoms with van der Waals surface area (Å²) >= 11 is 6.19. The van der Waals surface area contributed by atoms with E-state index in [4.69, 9.17) is 16.3 Å². The standard InChI is InChI=1S/C24H26ClNO7/c1-12(7-13-4-5-15(28)9-18(13)25)3-6-19-20-14(10-27)8-16-21(17(20)11-33-19)23(30)26(22(16)29)24(31)32-2/h4-5,7,9,16-17,19,21,27-28H,3,6,8,10-11H2,1-2H3/b12-7+/t16-,17+,19-,21-/m1/s1. The van der Waals surface area contributed by atoms with Crippen molar-refractivity contribution in [1.29, 1.82) is 0 Å². The van der Waals surface area contributed by atoms with Crippen LogP contribution in [0.15, 0.2) is 34.9 Å². The first-order valence-corrected chi connectivity index (χ1v) is 11.2. The molecule has 0 bridgehead atoms. The summed E-state index contributed by atoms with van der Waals surface area (Å²) in [6.45, 7) is 2.00. The molecule has 8 nitrogen and oxygen atoms in total. The van der Waals surface area contributed by atoms with Crippen molar-refractivity contribution < 1.29 is 34.1 Å². The third-order valence-electron chi connectivity index (χ3n) is 6.74. The second kappa shape index (κ2) is 9.29. The molecule has 9 heteroatoms. The number of ether oxygens (including phenoxy) is 2. The zero-order valence-corrected chi connectivity index (χ0v) is 19.2. The highest BCUT2D eigenvalue weighted by molar-refractivity contribution is 6.32. The van der Waals surface area contributed by atoms with Gasteiger partial charge in [0.2, 0.25) is 11.8 Å². The van der Waals surface area contributed by atoms with Gasteiger partial charge < -0.3 is 19.7 Å². The zero-order valence-electron chi connectivity index (χ0n) is 18.4. The number of aliphatic hydroxyl groups is 1. The van der Waals surface area contributed by atoms with Crippen LogP contribution in [-0.2, 0) is 19.1 Å². The van der Waals surface area contributed by atoms with Gasteiger partial charge >= 0.3 is 6.09 Å². The smallest absolute Gasteiger partial charge is 0.423 e. The van der Waals surface area contributed by atoms with Crippen LogP contribution in [0.3, 0.4) is 0 Å². The van der Waals surface area contributed by atoms with Crippen molar-refractivity contribution in [2.24, 2.45) is 17.8 Å². The molecule has 0 spiro atoms. The molecule has 0 aromatic heterocycles. The van der Waals surface area contributed by atoms with Gasteiger partial charge in [0.25, 0.3) is 0 Å². The number of benzene rings is 1. The molecule has 1 aromatic rings. The van der Waals surface area contributed by atoms with E-state index >= 15 is 0 Å². The van der Waals surface area contributed by atoms with Crippen LogP contribution in [0.4, 0.5) is 4.79 Å². The van der Waals surface area contributed by atoms with Gasteiger partial charge in [0.15, 0.2) is 0 Å². The van der Waals surface area contributed by atoms with Gasteiger partial charge in [0, 0.05) is 5.92 Å². The van der Waals surface area contributed by atoms with Crippen LogP contribution in [0.1, 0.15) is 31.7 Å². The number of nitrogens with zero attached hydrogens (tertiary/aromatic N) is 1. The quantitative estimate of drug-likeness (QED) is 0.496. The fourth-order valence-corrected chi connectivity index (χ4v) is 5.45. The number of carbonyl (C=O) groups excluding carboxylic acids is 3. The lowest BCUT2D eigenvalue weighted by Gasteiger charge is -2.31. The molecule has 2 N–H and O–H groups in total. The Labute approximate surface area is 196 Å². The molecule has 4 rings (SSSR count). The first-order valence-electron chi connectivity index (χ1n) is 10.8. The van der Waals surface area contributed by atoms with Gasteiger partial charge in [-0.15, -0.1) is 0 Å². The normalized spacial score (nSPS) is 27.2. The second-order valence-corrected chi connectivity index (χ2v) is 9.11. The summed E-state index contributed by atoms with van der Waals surface area (Å²) in [5.41, 5.74) is 3.44. The topological polar surface area (TPSA) is 113 Å². The Kier molecular flexibility index (Phi) is 6.61. The van der Waals surface area contributed by atoms with Crippen LogP contribution in [0.2, 0.25) is 5.02 Å². The molecule has 176 valence electrons. The van der Waals surface area contributed by atoms with Crippen LogP contribution in [0, 0.1) is 17.8 Å². The minimum atomic E-state index is -0.976. The van der Waals surface area contributed by atoms with Crippen LogP contribution in [0.25, 0.3) is 6.08 Å². The van der Waals surface area contributed by atoms with E-state index in [2.05, 4.69) is 4.74 Å². The number of likely N-dealkylation sites (tertiary alicyclic amines) is 1. The van der Waals surface area contributed by atoms with Gasteiger partial charge in [-0.25, -0.2) is 4.79 Å². The number of hydrogen-bond donors (Lipinski definition) is 2. The predicted molar refractivity (Wildman–Crippen MR) is 119 cm³/mol. The molecular formula is C24H26ClNO7. The molecule has 2 heterocycles. The maximum Gasteiger partial charge on any atom is 0.423 e. The number of carbonyl (C=O) groups is 3. The number of rotatable bonds is 5. The number of aromatic hydroxyl groups is 1. The van der Waals surface area contributed by atoms with Crippen molar-refractivity contribution in [3.63, 3.8) is 0 Å². The molecule has 1 aliphatic carbocycles. The minimum absolute atomic E-state index is 0.102. The number of allylic oxidation sites excluding steroid dienone is 1. The van der Waals surface area contributed by atoms with Gasteiger partial charge in [0.05, 0.1) is 43.3 Å². The van der Waals surface area contributed by atoms with Crippen LogP contribution >= 0.6 is 11.6 Å². The molecule has 0 saturated carbocycles. The summed E-state index contributed by atoms with van der Waals surface area (Å²) in [6, 6.07) is 4.80. The number of fused-ring (bicyclic) bond motifs is 3. The van der Waals surface area contributed by atoms with Gasteiger partial charge in [-0.1, -0.05) is 23.3 Å². The first-order chi connectivity index (χ1) is 15.8. The van der Waals surface area contributed by atoms with Crippen molar-refractivity contribution >= 4 is 35.6 Å². The van der Waals surface area contributed by atoms with Crippen molar-refractivity contribution in [1.82, 2.24) is 4.90 Å². The Hall–Kier alpha value is -2.68. The van der Waals surface area contributed by atoms with E-state index in [0.717, 1.165) is 23.8 Å². The number of phenolic OH excluding ortho intramolecular Hbond substituents is 1. The van der Waals surface area contributed by atoms with E-state index in [1.165, 1.54) is 6.07 Å². The third-order valence-corrected chi connectivity index (χ3v) is 7.07. The number of amides is 3. The fourth-order valence-electron chi connectivity index (χ4n) is 5.22. The summed E-state index contributed by atoms with van der Waals surface area (Å²) in [6.07, 6.45) is 2.23.